The second-order valence-corrected chi connectivity index (χ2v) is 7.81. The highest BCUT2D eigenvalue weighted by Gasteiger charge is 2.41. The molecule has 2 aromatic rings. The van der Waals surface area contributed by atoms with Crippen molar-refractivity contribution in [2.75, 3.05) is 4.90 Å². The number of anilines is 1. The maximum Gasteiger partial charge on any atom is 0.293 e. The highest BCUT2D eigenvalue weighted by atomic mass is 35.5. The molecule has 0 saturated carbocycles. The summed E-state index contributed by atoms with van der Waals surface area (Å²) in [5.41, 5.74) is 3.04. The van der Waals surface area contributed by atoms with Gasteiger partial charge in [0.25, 0.3) is 5.69 Å². The lowest BCUT2D eigenvalue weighted by atomic mass is 9.76. The zero-order valence-electron chi connectivity index (χ0n) is 15.9. The number of aryl methyl sites for hydroxylation is 1. The Morgan fingerprint density at radius 1 is 1.14 bits per heavy atom. The Kier molecular flexibility index (Phi) is 4.96. The van der Waals surface area contributed by atoms with Gasteiger partial charge in [-0.2, -0.15) is 0 Å². The number of hydrogen-bond donors (Lipinski definition) is 0. The molecule has 2 aliphatic rings. The van der Waals surface area contributed by atoms with Crippen LogP contribution in [0.1, 0.15) is 42.7 Å². The van der Waals surface area contributed by atoms with E-state index >= 15 is 0 Å². The normalized spacial score (nSPS) is 19.4. The van der Waals surface area contributed by atoms with Crippen LogP contribution in [0.2, 0.25) is 5.02 Å². The monoisotopic (exact) mass is 410 g/mol. The van der Waals surface area contributed by atoms with Gasteiger partial charge in [0.2, 0.25) is 5.91 Å². The summed E-state index contributed by atoms with van der Waals surface area (Å²) in [6.07, 6.45) is 1.62. The number of benzene rings is 2. The molecular formula is C22H19ClN2O4. The summed E-state index contributed by atoms with van der Waals surface area (Å²) in [7, 11) is 0. The van der Waals surface area contributed by atoms with E-state index < -0.39 is 4.92 Å². The van der Waals surface area contributed by atoms with Gasteiger partial charge in [-0.25, -0.2) is 0 Å². The lowest BCUT2D eigenvalue weighted by Crippen LogP contribution is -2.41. The van der Waals surface area contributed by atoms with E-state index in [9.17, 15) is 19.7 Å². The zero-order valence-corrected chi connectivity index (χ0v) is 16.6. The second-order valence-electron chi connectivity index (χ2n) is 7.37. The first-order chi connectivity index (χ1) is 13.9. The Hall–Kier alpha value is -2.99. The Labute approximate surface area is 172 Å². The molecule has 0 fully saturated rings. The molecule has 7 heteroatoms. The maximum atomic E-state index is 13.3. The molecule has 1 heterocycles. The summed E-state index contributed by atoms with van der Waals surface area (Å²) >= 11 is 6.09. The van der Waals surface area contributed by atoms with Gasteiger partial charge in [0, 0.05) is 41.1 Å². The third-order valence-electron chi connectivity index (χ3n) is 5.61. The minimum absolute atomic E-state index is 0.00156. The number of amides is 1. The quantitative estimate of drug-likeness (QED) is 0.521. The van der Waals surface area contributed by atoms with Crippen molar-refractivity contribution in [1.82, 2.24) is 0 Å². The van der Waals surface area contributed by atoms with Crippen LogP contribution in [0, 0.1) is 17.0 Å². The van der Waals surface area contributed by atoms with Crippen molar-refractivity contribution in [3.05, 3.63) is 80.0 Å². The van der Waals surface area contributed by atoms with Crippen molar-refractivity contribution in [3.8, 4) is 0 Å². The van der Waals surface area contributed by atoms with Crippen LogP contribution in [0.25, 0.3) is 0 Å². The van der Waals surface area contributed by atoms with Gasteiger partial charge in [0.15, 0.2) is 5.78 Å². The first-order valence-electron chi connectivity index (χ1n) is 9.47. The summed E-state index contributed by atoms with van der Waals surface area (Å²) in [6, 6.07) is 11.9. The minimum atomic E-state index is -0.531. The summed E-state index contributed by atoms with van der Waals surface area (Å²) < 4.78 is 0. The smallest absolute Gasteiger partial charge is 0.293 e. The molecule has 1 atom stereocenters. The number of Topliss-reactive ketones (excluding diaryl/α,β-unsaturated/α-hetero) is 1. The van der Waals surface area contributed by atoms with Crippen molar-refractivity contribution in [2.45, 2.75) is 38.5 Å². The van der Waals surface area contributed by atoms with E-state index in [4.69, 9.17) is 11.6 Å². The van der Waals surface area contributed by atoms with E-state index in [1.165, 1.54) is 23.1 Å². The molecule has 0 saturated heterocycles. The predicted molar refractivity (Wildman–Crippen MR) is 110 cm³/mol. The van der Waals surface area contributed by atoms with Gasteiger partial charge in [-0.05, 0) is 43.0 Å². The molecule has 1 amide bonds. The molecule has 1 unspecified atom stereocenters. The molecule has 0 bridgehead atoms. The third kappa shape index (κ3) is 3.34. The Balaban J connectivity index is 1.94. The number of nitro groups is 1. The van der Waals surface area contributed by atoms with Crippen molar-refractivity contribution in [3.63, 3.8) is 0 Å². The summed E-state index contributed by atoms with van der Waals surface area (Å²) in [5.74, 6) is -0.597. The van der Waals surface area contributed by atoms with Gasteiger partial charge in [0.05, 0.1) is 4.92 Å². The molecule has 0 radical (unpaired) electrons. The summed E-state index contributed by atoms with van der Waals surface area (Å²) in [6.45, 7) is 1.96. The van der Waals surface area contributed by atoms with Crippen molar-refractivity contribution < 1.29 is 14.5 Å². The Morgan fingerprint density at radius 2 is 1.90 bits per heavy atom. The highest BCUT2D eigenvalue weighted by molar-refractivity contribution is 6.31. The van der Waals surface area contributed by atoms with Gasteiger partial charge in [-0.1, -0.05) is 35.9 Å². The van der Waals surface area contributed by atoms with E-state index in [0.29, 0.717) is 35.6 Å². The molecule has 0 spiro atoms. The molecule has 1 aliphatic carbocycles. The van der Waals surface area contributed by atoms with Crippen LogP contribution in [-0.4, -0.2) is 16.6 Å². The van der Waals surface area contributed by atoms with Crippen LogP contribution in [0.5, 0.6) is 0 Å². The molecule has 4 rings (SSSR count). The van der Waals surface area contributed by atoms with E-state index in [1.54, 1.807) is 0 Å². The van der Waals surface area contributed by atoms with Gasteiger partial charge in [-0.15, -0.1) is 0 Å². The van der Waals surface area contributed by atoms with Crippen molar-refractivity contribution in [2.24, 2.45) is 0 Å². The molecule has 29 heavy (non-hydrogen) atoms. The van der Waals surface area contributed by atoms with Crippen LogP contribution < -0.4 is 4.90 Å². The SMILES string of the molecule is Cc1ccccc1C1CC(=O)N(c2cc(Cl)ccc2[N+](=O)[O-])C2=C1C(=O)CCC2. The number of nitro benzene ring substituents is 1. The average molecular weight is 411 g/mol. The highest BCUT2D eigenvalue weighted by Crippen LogP contribution is 2.46. The average Bonchev–Trinajstić information content (AvgIpc) is 2.67. The Bertz CT molecular complexity index is 1080. The molecule has 0 N–H and O–H groups in total. The number of carbonyl (C=O) groups excluding carboxylic acids is 2. The maximum absolute atomic E-state index is 13.3. The predicted octanol–water partition coefficient (Wildman–Crippen LogP) is 5.08. The molecule has 0 aromatic heterocycles. The van der Waals surface area contributed by atoms with E-state index in [1.807, 2.05) is 31.2 Å². The molecule has 2 aromatic carbocycles. The topological polar surface area (TPSA) is 80.5 Å². The van der Waals surface area contributed by atoms with Crippen LogP contribution in [0.4, 0.5) is 11.4 Å². The van der Waals surface area contributed by atoms with Crippen molar-refractivity contribution in [1.29, 1.82) is 0 Å². The van der Waals surface area contributed by atoms with Crippen LogP contribution in [0.15, 0.2) is 53.7 Å². The number of rotatable bonds is 3. The van der Waals surface area contributed by atoms with Gasteiger partial charge < -0.3 is 0 Å². The first kappa shape index (κ1) is 19.3. The van der Waals surface area contributed by atoms with E-state index in [0.717, 1.165) is 11.1 Å². The molecular weight excluding hydrogens is 392 g/mol. The summed E-state index contributed by atoms with van der Waals surface area (Å²) in [4.78, 5) is 38.6. The fraction of sp³-hybridized carbons (Fsp3) is 0.273. The van der Waals surface area contributed by atoms with E-state index in [2.05, 4.69) is 0 Å². The molecule has 148 valence electrons. The number of allylic oxidation sites excluding steroid dienone is 2. The number of hydrogen-bond acceptors (Lipinski definition) is 4. The number of ketones is 1. The third-order valence-corrected chi connectivity index (χ3v) is 5.85. The van der Waals surface area contributed by atoms with Crippen LogP contribution >= 0.6 is 11.6 Å². The zero-order chi connectivity index (χ0) is 20.7. The largest absolute Gasteiger partial charge is 0.294 e. The standard InChI is InChI=1S/C22H19ClN2O4/c1-13-5-2-3-6-15(13)16-12-21(27)24(18-7-4-8-20(26)22(16)18)19-11-14(23)9-10-17(19)25(28)29/h2-3,5-6,9-11,16H,4,7-8,12H2,1H3. The van der Waals surface area contributed by atoms with Gasteiger partial charge >= 0.3 is 0 Å². The number of carbonyl (C=O) groups is 2. The number of halogens is 1. The minimum Gasteiger partial charge on any atom is -0.294 e. The fourth-order valence-corrected chi connectivity index (χ4v) is 4.51. The first-order valence-corrected chi connectivity index (χ1v) is 9.85. The van der Waals surface area contributed by atoms with Gasteiger partial charge in [0.1, 0.15) is 5.69 Å². The number of nitrogens with zero attached hydrogens (tertiary/aromatic N) is 2. The van der Waals surface area contributed by atoms with Gasteiger partial charge in [-0.3, -0.25) is 24.6 Å². The van der Waals surface area contributed by atoms with Crippen molar-refractivity contribution >= 4 is 34.7 Å². The summed E-state index contributed by atoms with van der Waals surface area (Å²) in [5, 5.41) is 11.9. The van der Waals surface area contributed by atoms with Crippen LogP contribution in [-0.2, 0) is 9.59 Å². The Morgan fingerprint density at radius 3 is 2.62 bits per heavy atom. The molecule has 6 nitrogen and oxygen atoms in total. The molecule has 1 aliphatic heterocycles. The second kappa shape index (κ2) is 7.44. The lowest BCUT2D eigenvalue weighted by molar-refractivity contribution is -0.384. The lowest BCUT2D eigenvalue weighted by Gasteiger charge is -2.38. The van der Waals surface area contributed by atoms with Crippen LogP contribution in [0.3, 0.4) is 0 Å². The van der Waals surface area contributed by atoms with E-state index in [-0.39, 0.29) is 35.4 Å². The fourth-order valence-electron chi connectivity index (χ4n) is 4.35.